The van der Waals surface area contributed by atoms with Crippen LogP contribution in [0.15, 0.2) is 231 Å². The molecule has 91 heavy (non-hydrogen) atoms. The molecule has 0 spiro atoms. The minimum atomic E-state index is -1.66. The molecule has 0 bridgehead atoms. The maximum absolute atomic E-state index is 12.9. The van der Waals surface area contributed by atoms with E-state index in [-0.39, 0.29) is 32.7 Å². The summed E-state index contributed by atoms with van der Waals surface area (Å²) >= 11 is 0. The Morgan fingerprint density at radius 1 is 0.330 bits per heavy atom. The molecule has 504 valence electrons. The Balaban J connectivity index is 4.37. The Bertz CT molecular complexity index is 2350. The molecule has 2 unspecified atom stereocenters. The van der Waals surface area contributed by atoms with E-state index in [9.17, 15) is 19.5 Å². The van der Waals surface area contributed by atoms with Crippen LogP contribution >= 0.6 is 0 Å². The Morgan fingerprint density at radius 2 is 0.593 bits per heavy atom. The second-order valence-corrected chi connectivity index (χ2v) is 23.0. The number of allylic oxidation sites excluding steroid dienone is 38. The maximum Gasteiger partial charge on any atom is 0.306 e. The number of ether oxygens (including phenoxy) is 4. The number of hydrogen-bond acceptors (Lipinski definition) is 8. The second kappa shape index (κ2) is 69.2. The van der Waals surface area contributed by atoms with E-state index in [1.807, 2.05) is 21.1 Å². The highest BCUT2D eigenvalue weighted by Crippen LogP contribution is 2.12. The van der Waals surface area contributed by atoms with Gasteiger partial charge in [-0.05, 0) is 161 Å². The maximum atomic E-state index is 12.9. The summed E-state index contributed by atoms with van der Waals surface area (Å²) in [7, 11) is 5.89. The largest absolute Gasteiger partial charge is 0.545 e. The summed E-state index contributed by atoms with van der Waals surface area (Å²) in [6.07, 6.45) is 108. The molecule has 9 heteroatoms. The fourth-order valence-corrected chi connectivity index (χ4v) is 8.20. The number of nitrogens with zero attached hydrogens (tertiary/aromatic N) is 1. The summed E-state index contributed by atoms with van der Waals surface area (Å²) in [6, 6.07) is 0. The van der Waals surface area contributed by atoms with Gasteiger partial charge in [0.05, 0.1) is 40.3 Å². The minimum Gasteiger partial charge on any atom is -0.545 e. The normalized spacial score (nSPS) is 14.2. The Morgan fingerprint density at radius 3 is 0.879 bits per heavy atom. The summed E-state index contributed by atoms with van der Waals surface area (Å²) in [5.74, 6) is -2.40. The molecular formula is C82H123NO8. The number of carbonyl (C=O) groups excluding carboxylic acids is 3. The lowest BCUT2D eigenvalue weighted by Crippen LogP contribution is -2.44. The fourth-order valence-electron chi connectivity index (χ4n) is 8.20. The third kappa shape index (κ3) is 70.7. The van der Waals surface area contributed by atoms with E-state index in [0.29, 0.717) is 23.9 Å². The molecular weight excluding hydrogens is 1130 g/mol. The zero-order chi connectivity index (χ0) is 66.1. The quantitative estimate of drug-likeness (QED) is 0.0195. The van der Waals surface area contributed by atoms with Crippen molar-refractivity contribution in [3.05, 3.63) is 231 Å². The van der Waals surface area contributed by atoms with Gasteiger partial charge in [-0.15, -0.1) is 0 Å². The molecule has 0 aromatic heterocycles. The molecule has 0 heterocycles. The van der Waals surface area contributed by atoms with Crippen LogP contribution in [0, 0.1) is 0 Å². The second-order valence-electron chi connectivity index (χ2n) is 23.0. The minimum absolute atomic E-state index is 0.122. The van der Waals surface area contributed by atoms with Crippen molar-refractivity contribution in [2.45, 2.75) is 219 Å². The Kier molecular flexibility index (Phi) is 64.2. The number of quaternary nitrogens is 1. The molecule has 0 aliphatic heterocycles. The third-order valence-corrected chi connectivity index (χ3v) is 13.4. The molecule has 0 aromatic carbocycles. The lowest BCUT2D eigenvalue weighted by atomic mass is 10.1. The van der Waals surface area contributed by atoms with Gasteiger partial charge < -0.3 is 33.3 Å². The van der Waals surface area contributed by atoms with Crippen LogP contribution < -0.4 is 5.11 Å². The predicted octanol–water partition coefficient (Wildman–Crippen LogP) is 20.6. The summed E-state index contributed by atoms with van der Waals surface area (Å²) in [5, 5.41) is 11.8. The van der Waals surface area contributed by atoms with Crippen LogP contribution in [0.3, 0.4) is 0 Å². The van der Waals surface area contributed by atoms with Gasteiger partial charge in [0.1, 0.15) is 13.2 Å². The van der Waals surface area contributed by atoms with E-state index in [1.165, 1.54) is 0 Å². The number of rotatable bonds is 60. The standard InChI is InChI=1S/C82H123NO8/c1-6-8-10-12-14-16-18-20-22-24-26-28-30-32-34-36-38-39-40-41-43-45-47-49-51-53-55-57-59-61-63-65-67-69-71-73-80(85)91-78(77-90-82(81(86)87)88-75-74-83(3,4)5)76-89-79(84)72-70-68-66-64-62-60-58-56-54-52-50-48-46-44-42-37-35-33-31-29-27-25-23-21-19-17-15-13-11-9-7-2/h8-11,14-17,20-23,26-29,32-35,38-39,41-44,47-50,53-56,59-62,78,82H,6-7,12-13,18-19,24-25,30-31,36-37,40,45-46,51-52,57-58,63-77H2,1-5H3/b10-8-,11-9-,16-14-,17-15-,22-20-,23-21-,28-26-,29-27-,34-32-,35-33-,39-38-,43-41-,44-42-,49-47-,50-48-,55-53-,56-54-,61-59-,62-60-. The van der Waals surface area contributed by atoms with Gasteiger partial charge in [0.25, 0.3) is 0 Å². The number of likely N-dealkylation sites (N-methyl/N-ethyl adjacent to an activating group) is 1. The van der Waals surface area contributed by atoms with Crippen molar-refractivity contribution in [2.75, 3.05) is 47.5 Å². The number of carboxylic acid groups (broad SMARTS) is 1. The zero-order valence-electron chi connectivity index (χ0n) is 57.3. The lowest BCUT2D eigenvalue weighted by molar-refractivity contribution is -0.870. The van der Waals surface area contributed by atoms with E-state index < -0.39 is 30.3 Å². The summed E-state index contributed by atoms with van der Waals surface area (Å²) < 4.78 is 22.7. The SMILES string of the molecule is CC/C=C\C/C=C\C/C=C\C/C=C\C/C=C\C/C=C\C/C=C\C/C=C\C/C=C\C/C=C\CCCCCCC(=O)OC(COC(=O)CCCCC/C=C\C/C=C\C/C=C\C/C=C\C/C=C\C/C=C\C/C=C\C/C=C\C/C=C\CC)COC(OCC[N+](C)(C)C)C(=O)[O-]. The van der Waals surface area contributed by atoms with Gasteiger partial charge in [0.2, 0.25) is 0 Å². The molecule has 0 radical (unpaired) electrons. The first-order valence-electron chi connectivity index (χ1n) is 34.5. The first kappa shape index (κ1) is 84.4. The molecule has 0 fully saturated rings. The summed E-state index contributed by atoms with van der Waals surface area (Å²) in [4.78, 5) is 37.5. The molecule has 9 nitrogen and oxygen atoms in total. The van der Waals surface area contributed by atoms with E-state index in [0.717, 1.165) is 167 Å². The van der Waals surface area contributed by atoms with Crippen LogP contribution in [-0.4, -0.2) is 82.3 Å². The van der Waals surface area contributed by atoms with Crippen LogP contribution in [-0.2, 0) is 33.3 Å². The van der Waals surface area contributed by atoms with Gasteiger partial charge in [0.15, 0.2) is 12.4 Å². The molecule has 0 saturated carbocycles. The van der Waals surface area contributed by atoms with E-state index in [4.69, 9.17) is 18.9 Å². The number of carboxylic acids is 1. The molecule has 0 rings (SSSR count). The van der Waals surface area contributed by atoms with Gasteiger partial charge in [0, 0.05) is 12.8 Å². The summed E-state index contributed by atoms with van der Waals surface area (Å²) in [5.41, 5.74) is 0. The number of aliphatic carboxylic acids is 1. The highest BCUT2D eigenvalue weighted by atomic mass is 16.7. The third-order valence-electron chi connectivity index (χ3n) is 13.4. The van der Waals surface area contributed by atoms with Crippen molar-refractivity contribution in [3.8, 4) is 0 Å². The average molecular weight is 1250 g/mol. The smallest absolute Gasteiger partial charge is 0.306 e. The van der Waals surface area contributed by atoms with Crippen LogP contribution in [0.5, 0.6) is 0 Å². The number of esters is 2. The van der Waals surface area contributed by atoms with Crippen LogP contribution in [0.2, 0.25) is 0 Å². The van der Waals surface area contributed by atoms with Gasteiger partial charge in [-0.25, -0.2) is 0 Å². The monoisotopic (exact) mass is 1250 g/mol. The highest BCUT2D eigenvalue weighted by Gasteiger charge is 2.22. The van der Waals surface area contributed by atoms with Crippen LogP contribution in [0.1, 0.15) is 206 Å². The molecule has 0 aliphatic carbocycles. The van der Waals surface area contributed by atoms with Gasteiger partial charge in [-0.3, -0.25) is 9.59 Å². The zero-order valence-corrected chi connectivity index (χ0v) is 57.3. The van der Waals surface area contributed by atoms with Crippen molar-refractivity contribution >= 4 is 17.9 Å². The molecule has 0 aromatic rings. The first-order valence-corrected chi connectivity index (χ1v) is 34.5. The predicted molar refractivity (Wildman–Crippen MR) is 388 cm³/mol. The van der Waals surface area contributed by atoms with Crippen molar-refractivity contribution in [1.29, 1.82) is 0 Å². The molecule has 0 amide bonds. The van der Waals surface area contributed by atoms with Crippen LogP contribution in [0.4, 0.5) is 0 Å². The van der Waals surface area contributed by atoms with E-state index in [2.05, 4.69) is 245 Å². The highest BCUT2D eigenvalue weighted by molar-refractivity contribution is 5.70. The Labute approximate surface area is 555 Å². The Hall–Kier alpha value is -6.65. The van der Waals surface area contributed by atoms with Crippen LogP contribution in [0.25, 0.3) is 0 Å². The van der Waals surface area contributed by atoms with E-state index in [1.54, 1.807) is 0 Å². The van der Waals surface area contributed by atoms with Gasteiger partial charge >= 0.3 is 11.9 Å². The van der Waals surface area contributed by atoms with E-state index >= 15 is 0 Å². The molecule has 0 aliphatic rings. The fraction of sp³-hybridized carbons (Fsp3) is 0.500. The topological polar surface area (TPSA) is 111 Å². The van der Waals surface area contributed by atoms with Crippen molar-refractivity contribution in [3.63, 3.8) is 0 Å². The van der Waals surface area contributed by atoms with Crippen molar-refractivity contribution in [2.24, 2.45) is 0 Å². The van der Waals surface area contributed by atoms with Gasteiger partial charge in [-0.2, -0.15) is 0 Å². The molecule has 0 N–H and O–H groups in total. The summed E-state index contributed by atoms with van der Waals surface area (Å²) in [6.45, 7) is 4.41. The number of hydrogen-bond donors (Lipinski definition) is 0. The number of carbonyl (C=O) groups is 3. The molecule has 2 atom stereocenters. The first-order chi connectivity index (χ1) is 44.6. The average Bonchev–Trinajstić information content (AvgIpc) is 3.46. The number of unbranched alkanes of at least 4 members (excludes halogenated alkanes) is 7. The lowest BCUT2D eigenvalue weighted by Gasteiger charge is -2.26. The van der Waals surface area contributed by atoms with Crippen molar-refractivity contribution in [1.82, 2.24) is 0 Å². The van der Waals surface area contributed by atoms with Crippen molar-refractivity contribution < 1.29 is 42.9 Å². The molecule has 0 saturated heterocycles. The van der Waals surface area contributed by atoms with Gasteiger partial charge in [-0.1, -0.05) is 264 Å².